The minimum absolute atomic E-state index is 1.17. The minimum Gasteiger partial charge on any atom is -0.372 e. The molecule has 1 aromatic rings. The van der Waals surface area contributed by atoms with Gasteiger partial charge >= 0.3 is 0 Å². The zero-order valence-corrected chi connectivity index (χ0v) is 11.2. The highest BCUT2D eigenvalue weighted by molar-refractivity contribution is 5.48. The fourth-order valence-electron chi connectivity index (χ4n) is 2.45. The van der Waals surface area contributed by atoms with Crippen molar-refractivity contribution in [3.63, 3.8) is 0 Å². The van der Waals surface area contributed by atoms with Crippen LogP contribution in [0.3, 0.4) is 0 Å². The molecule has 0 saturated carbocycles. The molecule has 1 aliphatic rings. The third kappa shape index (κ3) is 3.74. The topological polar surface area (TPSA) is 6.48 Å². The largest absolute Gasteiger partial charge is 0.372 e. The molecule has 2 heteroatoms. The lowest BCUT2D eigenvalue weighted by molar-refractivity contribution is 0.400. The van der Waals surface area contributed by atoms with Crippen LogP contribution in [0.15, 0.2) is 24.3 Å². The van der Waals surface area contributed by atoms with Gasteiger partial charge in [0.1, 0.15) is 0 Å². The molecule has 0 N–H and O–H groups in total. The van der Waals surface area contributed by atoms with Crippen LogP contribution in [0.4, 0.5) is 5.69 Å². The van der Waals surface area contributed by atoms with Gasteiger partial charge in [0.25, 0.3) is 0 Å². The van der Waals surface area contributed by atoms with E-state index >= 15 is 0 Å². The van der Waals surface area contributed by atoms with Crippen LogP contribution in [0.5, 0.6) is 0 Å². The van der Waals surface area contributed by atoms with Crippen molar-refractivity contribution in [2.45, 2.75) is 25.7 Å². The maximum atomic E-state index is 2.49. The Hall–Kier alpha value is -1.02. The molecule has 1 aliphatic heterocycles. The molecule has 0 aromatic heterocycles. The highest BCUT2D eigenvalue weighted by Gasteiger charge is 2.11. The SMILES string of the molecule is CN(C)CCCc1ccc(N2CCCC2)cc1. The summed E-state index contributed by atoms with van der Waals surface area (Å²) in [5.41, 5.74) is 2.87. The molecular formula is C15H24N2. The van der Waals surface area contributed by atoms with E-state index in [1.807, 2.05) is 0 Å². The third-order valence-electron chi connectivity index (χ3n) is 3.48. The summed E-state index contributed by atoms with van der Waals surface area (Å²) in [7, 11) is 4.27. The normalized spacial score (nSPS) is 15.8. The molecular weight excluding hydrogens is 208 g/mol. The molecule has 2 nitrogen and oxygen atoms in total. The lowest BCUT2D eigenvalue weighted by Gasteiger charge is -2.17. The second kappa shape index (κ2) is 6.06. The van der Waals surface area contributed by atoms with Gasteiger partial charge in [-0.15, -0.1) is 0 Å². The second-order valence-corrected chi connectivity index (χ2v) is 5.27. The third-order valence-corrected chi connectivity index (χ3v) is 3.48. The van der Waals surface area contributed by atoms with Gasteiger partial charge in [-0.05, 0) is 64.0 Å². The van der Waals surface area contributed by atoms with E-state index in [2.05, 4.69) is 48.2 Å². The Kier molecular flexibility index (Phi) is 4.43. The smallest absolute Gasteiger partial charge is 0.0366 e. The average molecular weight is 232 g/mol. The number of nitrogens with zero attached hydrogens (tertiary/aromatic N) is 2. The summed E-state index contributed by atoms with van der Waals surface area (Å²) in [6.45, 7) is 3.65. The predicted octanol–water partition coefficient (Wildman–Crippen LogP) is 2.78. The van der Waals surface area contributed by atoms with E-state index in [-0.39, 0.29) is 0 Å². The maximum absolute atomic E-state index is 2.49. The van der Waals surface area contributed by atoms with Gasteiger partial charge in [0.15, 0.2) is 0 Å². The quantitative estimate of drug-likeness (QED) is 0.770. The first kappa shape index (κ1) is 12.4. The van der Waals surface area contributed by atoms with E-state index in [0.29, 0.717) is 0 Å². The fraction of sp³-hybridized carbons (Fsp3) is 0.600. The van der Waals surface area contributed by atoms with Crippen LogP contribution in [0.1, 0.15) is 24.8 Å². The van der Waals surface area contributed by atoms with Gasteiger partial charge < -0.3 is 9.80 Å². The Bertz CT molecular complexity index is 323. The standard InChI is InChI=1S/C15H24N2/c1-16(2)11-5-6-14-7-9-15(10-8-14)17-12-3-4-13-17/h7-10H,3-6,11-13H2,1-2H3. The van der Waals surface area contributed by atoms with Crippen LogP contribution in [0, 0.1) is 0 Å². The lowest BCUT2D eigenvalue weighted by Crippen LogP contribution is -2.17. The predicted molar refractivity (Wildman–Crippen MR) is 74.8 cm³/mol. The zero-order chi connectivity index (χ0) is 12.1. The van der Waals surface area contributed by atoms with Crippen molar-refractivity contribution in [2.75, 3.05) is 38.6 Å². The van der Waals surface area contributed by atoms with E-state index in [9.17, 15) is 0 Å². The molecule has 0 unspecified atom stereocenters. The van der Waals surface area contributed by atoms with Crippen LogP contribution in [-0.4, -0.2) is 38.6 Å². The first-order valence-corrected chi connectivity index (χ1v) is 6.74. The van der Waals surface area contributed by atoms with E-state index in [1.165, 1.54) is 56.6 Å². The van der Waals surface area contributed by atoms with Crippen molar-refractivity contribution >= 4 is 5.69 Å². The number of hydrogen-bond acceptors (Lipinski definition) is 2. The van der Waals surface area contributed by atoms with E-state index < -0.39 is 0 Å². The molecule has 0 amide bonds. The number of aryl methyl sites for hydroxylation is 1. The molecule has 94 valence electrons. The highest BCUT2D eigenvalue weighted by Crippen LogP contribution is 2.20. The Morgan fingerprint density at radius 3 is 2.29 bits per heavy atom. The summed E-state index contributed by atoms with van der Waals surface area (Å²) in [4.78, 5) is 4.74. The van der Waals surface area contributed by atoms with Gasteiger partial charge in [0, 0.05) is 18.8 Å². The highest BCUT2D eigenvalue weighted by atomic mass is 15.1. The van der Waals surface area contributed by atoms with Crippen molar-refractivity contribution in [1.29, 1.82) is 0 Å². The van der Waals surface area contributed by atoms with Crippen LogP contribution < -0.4 is 4.90 Å². The van der Waals surface area contributed by atoms with Gasteiger partial charge in [-0.2, -0.15) is 0 Å². The van der Waals surface area contributed by atoms with Gasteiger partial charge in [-0.3, -0.25) is 0 Å². The maximum Gasteiger partial charge on any atom is 0.0366 e. The summed E-state index contributed by atoms with van der Waals surface area (Å²) in [6, 6.07) is 9.17. The summed E-state index contributed by atoms with van der Waals surface area (Å²) in [5, 5.41) is 0. The minimum atomic E-state index is 1.17. The van der Waals surface area contributed by atoms with E-state index in [4.69, 9.17) is 0 Å². The Labute approximate surface area is 105 Å². The van der Waals surface area contributed by atoms with Crippen LogP contribution in [-0.2, 0) is 6.42 Å². The molecule has 0 bridgehead atoms. The zero-order valence-electron chi connectivity index (χ0n) is 11.2. The van der Waals surface area contributed by atoms with Crippen molar-refractivity contribution in [2.24, 2.45) is 0 Å². The molecule has 1 fully saturated rings. The average Bonchev–Trinajstić information content (AvgIpc) is 2.83. The van der Waals surface area contributed by atoms with Gasteiger partial charge in [0.2, 0.25) is 0 Å². The number of anilines is 1. The van der Waals surface area contributed by atoms with Gasteiger partial charge in [-0.25, -0.2) is 0 Å². The lowest BCUT2D eigenvalue weighted by atomic mass is 10.1. The van der Waals surface area contributed by atoms with Crippen LogP contribution >= 0.6 is 0 Å². The number of benzene rings is 1. The molecule has 0 radical (unpaired) electrons. The Morgan fingerprint density at radius 1 is 1.06 bits per heavy atom. The molecule has 1 aromatic carbocycles. The summed E-state index contributed by atoms with van der Waals surface area (Å²) in [6.07, 6.45) is 5.14. The number of hydrogen-bond donors (Lipinski definition) is 0. The molecule has 1 heterocycles. The van der Waals surface area contributed by atoms with Gasteiger partial charge in [-0.1, -0.05) is 12.1 Å². The summed E-state index contributed by atoms with van der Waals surface area (Å²) in [5.74, 6) is 0. The van der Waals surface area contributed by atoms with Gasteiger partial charge in [0.05, 0.1) is 0 Å². The molecule has 17 heavy (non-hydrogen) atoms. The number of rotatable bonds is 5. The van der Waals surface area contributed by atoms with Crippen molar-refractivity contribution < 1.29 is 0 Å². The van der Waals surface area contributed by atoms with E-state index in [1.54, 1.807) is 0 Å². The monoisotopic (exact) mass is 232 g/mol. The van der Waals surface area contributed by atoms with Crippen LogP contribution in [0.2, 0.25) is 0 Å². The molecule has 0 spiro atoms. The first-order chi connectivity index (χ1) is 8.25. The molecule has 1 saturated heterocycles. The molecule has 2 rings (SSSR count). The fourth-order valence-corrected chi connectivity index (χ4v) is 2.45. The summed E-state index contributed by atoms with van der Waals surface area (Å²) >= 11 is 0. The first-order valence-electron chi connectivity index (χ1n) is 6.74. The Morgan fingerprint density at radius 2 is 1.71 bits per heavy atom. The Balaban J connectivity index is 1.84. The van der Waals surface area contributed by atoms with Crippen molar-refractivity contribution in [1.82, 2.24) is 4.90 Å². The van der Waals surface area contributed by atoms with E-state index in [0.717, 1.165) is 0 Å². The van der Waals surface area contributed by atoms with Crippen molar-refractivity contribution in [3.8, 4) is 0 Å². The second-order valence-electron chi connectivity index (χ2n) is 5.27. The van der Waals surface area contributed by atoms with Crippen LogP contribution in [0.25, 0.3) is 0 Å². The summed E-state index contributed by atoms with van der Waals surface area (Å²) < 4.78 is 0. The molecule has 0 atom stereocenters. The molecule has 0 aliphatic carbocycles. The van der Waals surface area contributed by atoms with Crippen molar-refractivity contribution in [3.05, 3.63) is 29.8 Å².